The van der Waals surface area contributed by atoms with E-state index in [-0.39, 0.29) is 12.1 Å². The van der Waals surface area contributed by atoms with Crippen LogP contribution in [0.4, 0.5) is 0 Å². The molecule has 0 saturated carbocycles. The van der Waals surface area contributed by atoms with E-state index < -0.39 is 6.10 Å². The first-order chi connectivity index (χ1) is 4.61. The molecule has 0 bridgehead atoms. The lowest BCUT2D eigenvalue weighted by Crippen LogP contribution is -2.21. The van der Waals surface area contributed by atoms with E-state index in [0.717, 1.165) is 0 Å². The van der Waals surface area contributed by atoms with Gasteiger partial charge in [0.05, 0.1) is 6.10 Å². The van der Waals surface area contributed by atoms with Gasteiger partial charge in [0.2, 0.25) is 0 Å². The number of carbonyl (C=O) groups is 1. The maximum atomic E-state index is 10.7. The fourth-order valence-corrected chi connectivity index (χ4v) is 0.858. The van der Waals surface area contributed by atoms with Crippen molar-refractivity contribution in [1.29, 1.82) is 0 Å². The van der Waals surface area contributed by atoms with Crippen LogP contribution >= 0.6 is 0 Å². The van der Waals surface area contributed by atoms with Crippen LogP contribution in [0.1, 0.15) is 13.3 Å². The largest absolute Gasteiger partial charge is 0.456 e. The van der Waals surface area contributed by atoms with Crippen molar-refractivity contribution < 1.29 is 14.6 Å². The highest BCUT2D eigenvalue weighted by atomic mass is 16.6. The van der Waals surface area contributed by atoms with Crippen molar-refractivity contribution in [3.63, 3.8) is 0 Å². The minimum absolute atomic E-state index is 0.375. The molecule has 0 aliphatic carbocycles. The highest BCUT2D eigenvalue weighted by Gasteiger charge is 2.30. The summed E-state index contributed by atoms with van der Waals surface area (Å²) in [6, 6.07) is 0. The molecule has 3 heteroatoms. The smallest absolute Gasteiger partial charge is 0.333 e. The molecule has 56 valence electrons. The predicted octanol–water partition coefficient (Wildman–Crippen LogP) is 0.239. The summed E-state index contributed by atoms with van der Waals surface area (Å²) in [5.41, 5.74) is 0.450. The molecular formula is C7H10O3. The van der Waals surface area contributed by atoms with E-state index >= 15 is 0 Å². The molecule has 0 aromatic heterocycles. The summed E-state index contributed by atoms with van der Waals surface area (Å²) in [4.78, 5) is 10.7. The van der Waals surface area contributed by atoms with Crippen molar-refractivity contribution in [1.82, 2.24) is 0 Å². The van der Waals surface area contributed by atoms with Gasteiger partial charge in [-0.25, -0.2) is 4.79 Å². The van der Waals surface area contributed by atoms with Gasteiger partial charge >= 0.3 is 5.97 Å². The molecule has 1 rings (SSSR count). The quantitative estimate of drug-likeness (QED) is 0.421. The molecule has 1 heterocycles. The first-order valence-electron chi connectivity index (χ1n) is 3.18. The molecule has 2 atom stereocenters. The summed E-state index contributed by atoms with van der Waals surface area (Å²) in [6.45, 7) is 5.08. The Kier molecular flexibility index (Phi) is 1.76. The minimum atomic E-state index is -0.594. The van der Waals surface area contributed by atoms with Crippen LogP contribution in [0, 0.1) is 0 Å². The summed E-state index contributed by atoms with van der Waals surface area (Å²) in [7, 11) is 0. The topological polar surface area (TPSA) is 46.5 Å². The average molecular weight is 142 g/mol. The molecule has 0 aromatic carbocycles. The van der Waals surface area contributed by atoms with Gasteiger partial charge in [0, 0.05) is 12.0 Å². The van der Waals surface area contributed by atoms with E-state index in [9.17, 15) is 4.79 Å². The fourth-order valence-electron chi connectivity index (χ4n) is 0.858. The van der Waals surface area contributed by atoms with Crippen LogP contribution in [-0.4, -0.2) is 23.3 Å². The molecule has 1 fully saturated rings. The van der Waals surface area contributed by atoms with Gasteiger partial charge in [0.15, 0.2) is 0 Å². The molecule has 0 radical (unpaired) electrons. The van der Waals surface area contributed by atoms with Crippen molar-refractivity contribution in [2.24, 2.45) is 0 Å². The van der Waals surface area contributed by atoms with Crippen LogP contribution in [0.5, 0.6) is 0 Å². The number of carbonyl (C=O) groups excluding carboxylic acids is 1. The number of rotatable bonds is 1. The van der Waals surface area contributed by atoms with Gasteiger partial charge in [-0.2, -0.15) is 0 Å². The number of ether oxygens (including phenoxy) is 1. The molecule has 1 aliphatic heterocycles. The Balaban J connectivity index is 2.57. The van der Waals surface area contributed by atoms with Crippen LogP contribution in [0.15, 0.2) is 12.2 Å². The van der Waals surface area contributed by atoms with Crippen molar-refractivity contribution in [2.45, 2.75) is 25.6 Å². The van der Waals surface area contributed by atoms with Crippen molar-refractivity contribution in [2.75, 3.05) is 0 Å². The first-order valence-corrected chi connectivity index (χ1v) is 3.18. The Bertz CT molecular complexity index is 156. The molecule has 1 N–H and O–H groups in total. The number of hydrogen-bond donors (Lipinski definition) is 1. The molecule has 2 unspecified atom stereocenters. The van der Waals surface area contributed by atoms with Gasteiger partial charge in [0.1, 0.15) is 6.10 Å². The standard InChI is InChI=1S/C7H10O3/c1-4-3-6(5(2)8)10-7(4)9/h5-6,8H,1,3H2,2H3. The second-order valence-electron chi connectivity index (χ2n) is 2.49. The maximum absolute atomic E-state index is 10.7. The Labute approximate surface area is 59.3 Å². The summed E-state index contributed by atoms with van der Waals surface area (Å²) in [5.74, 6) is -0.383. The van der Waals surface area contributed by atoms with Gasteiger partial charge < -0.3 is 9.84 Å². The third-order valence-corrected chi connectivity index (χ3v) is 1.53. The molecule has 0 spiro atoms. The average Bonchev–Trinajstić information content (AvgIpc) is 2.13. The molecule has 0 aromatic rings. The zero-order valence-electron chi connectivity index (χ0n) is 5.83. The van der Waals surface area contributed by atoms with Crippen LogP contribution < -0.4 is 0 Å². The molecule has 3 nitrogen and oxygen atoms in total. The normalized spacial score (nSPS) is 28.4. The number of aliphatic hydroxyl groups excluding tert-OH is 1. The van der Waals surface area contributed by atoms with Crippen LogP contribution in [-0.2, 0) is 9.53 Å². The second-order valence-corrected chi connectivity index (χ2v) is 2.49. The van der Waals surface area contributed by atoms with Crippen LogP contribution in [0.3, 0.4) is 0 Å². The molecule has 1 aliphatic rings. The SMILES string of the molecule is C=C1CC(C(C)O)OC1=O. The summed E-state index contributed by atoms with van der Waals surface area (Å²) >= 11 is 0. The molecular weight excluding hydrogens is 132 g/mol. The highest BCUT2D eigenvalue weighted by Crippen LogP contribution is 2.20. The Morgan fingerprint density at radius 3 is 2.70 bits per heavy atom. The Hall–Kier alpha value is -0.830. The number of cyclic esters (lactones) is 1. The number of aliphatic hydroxyl groups is 1. The minimum Gasteiger partial charge on any atom is -0.456 e. The van der Waals surface area contributed by atoms with Crippen LogP contribution in [0.2, 0.25) is 0 Å². The highest BCUT2D eigenvalue weighted by molar-refractivity contribution is 5.89. The van der Waals surface area contributed by atoms with E-state index in [0.29, 0.717) is 12.0 Å². The number of hydrogen-bond acceptors (Lipinski definition) is 3. The van der Waals surface area contributed by atoms with Gasteiger partial charge in [0.25, 0.3) is 0 Å². The lowest BCUT2D eigenvalue weighted by Gasteiger charge is -2.10. The predicted molar refractivity (Wildman–Crippen MR) is 35.3 cm³/mol. The zero-order valence-corrected chi connectivity index (χ0v) is 5.83. The lowest BCUT2D eigenvalue weighted by atomic mass is 10.1. The van der Waals surface area contributed by atoms with Gasteiger partial charge in [-0.1, -0.05) is 6.58 Å². The molecule has 1 saturated heterocycles. The summed E-state index contributed by atoms with van der Waals surface area (Å²) in [5, 5.41) is 8.97. The third kappa shape index (κ3) is 1.19. The van der Waals surface area contributed by atoms with Crippen molar-refractivity contribution in [3.8, 4) is 0 Å². The van der Waals surface area contributed by atoms with Crippen molar-refractivity contribution in [3.05, 3.63) is 12.2 Å². The monoisotopic (exact) mass is 142 g/mol. The van der Waals surface area contributed by atoms with E-state index in [1.165, 1.54) is 0 Å². The Morgan fingerprint density at radius 1 is 1.90 bits per heavy atom. The first kappa shape index (κ1) is 7.28. The summed E-state index contributed by atoms with van der Waals surface area (Å²) < 4.78 is 4.75. The second kappa shape index (κ2) is 2.42. The van der Waals surface area contributed by atoms with E-state index in [4.69, 9.17) is 9.84 Å². The van der Waals surface area contributed by atoms with Crippen LogP contribution in [0.25, 0.3) is 0 Å². The summed E-state index contributed by atoms with van der Waals surface area (Å²) in [6.07, 6.45) is -0.514. The van der Waals surface area contributed by atoms with Crippen molar-refractivity contribution >= 4 is 5.97 Å². The van der Waals surface area contributed by atoms with Gasteiger partial charge in [-0.3, -0.25) is 0 Å². The van der Waals surface area contributed by atoms with E-state index in [1.807, 2.05) is 0 Å². The van der Waals surface area contributed by atoms with E-state index in [1.54, 1.807) is 6.92 Å². The Morgan fingerprint density at radius 2 is 2.50 bits per heavy atom. The zero-order chi connectivity index (χ0) is 7.72. The molecule has 0 amide bonds. The van der Waals surface area contributed by atoms with E-state index in [2.05, 4.69) is 6.58 Å². The maximum Gasteiger partial charge on any atom is 0.333 e. The van der Waals surface area contributed by atoms with Gasteiger partial charge in [-0.15, -0.1) is 0 Å². The van der Waals surface area contributed by atoms with Gasteiger partial charge in [-0.05, 0) is 6.92 Å². The number of esters is 1. The lowest BCUT2D eigenvalue weighted by molar-refractivity contribution is -0.142. The fraction of sp³-hybridized carbons (Fsp3) is 0.571. The third-order valence-electron chi connectivity index (χ3n) is 1.53. The molecule has 10 heavy (non-hydrogen) atoms.